The molecule has 3 rings (SSSR count). The molecule has 1 aromatic heterocycles. The second-order valence-electron chi connectivity index (χ2n) is 5.81. The van der Waals surface area contributed by atoms with Crippen LogP contribution in [0.5, 0.6) is 0 Å². The minimum absolute atomic E-state index is 0.00105. The third-order valence-corrected chi connectivity index (χ3v) is 4.05. The largest absolute Gasteiger partial charge is 0.324 e. The maximum atomic E-state index is 12.4. The molecule has 126 valence electrons. The molecule has 0 bridgehead atoms. The monoisotopic (exact) mass is 330 g/mol. The third kappa shape index (κ3) is 3.86. The molecule has 0 saturated carbocycles. The summed E-state index contributed by atoms with van der Waals surface area (Å²) in [4.78, 5) is 28.3. The van der Waals surface area contributed by atoms with E-state index in [2.05, 4.69) is 15.4 Å². The van der Waals surface area contributed by atoms with Crippen molar-refractivity contribution < 1.29 is 9.72 Å². The number of nitrogens with one attached hydrogen (secondary N) is 1. The topological polar surface area (TPSA) is 106 Å². The van der Waals surface area contributed by atoms with Crippen molar-refractivity contribution >= 4 is 17.4 Å². The molecule has 1 atom stereocenters. The van der Waals surface area contributed by atoms with Crippen molar-refractivity contribution in [2.45, 2.75) is 19.4 Å². The van der Waals surface area contributed by atoms with Gasteiger partial charge in [0.2, 0.25) is 0 Å². The summed E-state index contributed by atoms with van der Waals surface area (Å²) < 4.78 is 1.78. The Morgan fingerprint density at radius 1 is 1.38 bits per heavy atom. The highest BCUT2D eigenvalue weighted by Crippen LogP contribution is 2.20. The Morgan fingerprint density at radius 2 is 2.17 bits per heavy atom. The van der Waals surface area contributed by atoms with Crippen LogP contribution < -0.4 is 5.32 Å². The van der Waals surface area contributed by atoms with Crippen LogP contribution in [-0.2, 0) is 6.54 Å². The zero-order valence-corrected chi connectivity index (χ0v) is 13.0. The summed E-state index contributed by atoms with van der Waals surface area (Å²) in [6.45, 7) is 2.09. The van der Waals surface area contributed by atoms with Gasteiger partial charge >= 0.3 is 6.03 Å². The molecule has 1 unspecified atom stereocenters. The molecule has 0 aliphatic carbocycles. The van der Waals surface area contributed by atoms with Crippen molar-refractivity contribution in [3.05, 3.63) is 47.0 Å². The number of non-ortho nitro benzene ring substituents is 1. The summed E-state index contributed by atoms with van der Waals surface area (Å²) in [5.41, 5.74) is 0.544. The Hall–Kier alpha value is -2.97. The zero-order valence-electron chi connectivity index (χ0n) is 13.0. The molecular weight excluding hydrogens is 312 g/mol. The first kappa shape index (κ1) is 15.9. The van der Waals surface area contributed by atoms with Gasteiger partial charge in [-0.15, -0.1) is 0 Å². The lowest BCUT2D eigenvalue weighted by Crippen LogP contribution is -2.43. The van der Waals surface area contributed by atoms with E-state index in [-0.39, 0.29) is 11.7 Å². The van der Waals surface area contributed by atoms with E-state index < -0.39 is 4.92 Å². The van der Waals surface area contributed by atoms with Crippen LogP contribution in [0.2, 0.25) is 0 Å². The number of hydrogen-bond acceptors (Lipinski definition) is 5. The predicted octanol–water partition coefficient (Wildman–Crippen LogP) is 2.13. The smallest absolute Gasteiger partial charge is 0.321 e. The summed E-state index contributed by atoms with van der Waals surface area (Å²) in [5.74, 6) is 0.336. The standard InChI is InChI=1S/C15H18N6O3/c22-15(18-13-3-5-14(6-4-13)21(23)24)19-7-1-2-12(8-19)9-20-11-16-10-17-20/h3-6,10-12H,1-2,7-9H2,(H,18,22). The lowest BCUT2D eigenvalue weighted by atomic mass is 9.98. The van der Waals surface area contributed by atoms with Crippen LogP contribution >= 0.6 is 0 Å². The number of urea groups is 1. The van der Waals surface area contributed by atoms with Gasteiger partial charge in [-0.05, 0) is 30.9 Å². The van der Waals surface area contributed by atoms with Crippen molar-refractivity contribution in [1.29, 1.82) is 0 Å². The molecule has 0 spiro atoms. The second-order valence-corrected chi connectivity index (χ2v) is 5.81. The SMILES string of the molecule is O=C(Nc1ccc([N+](=O)[O-])cc1)N1CCCC(Cn2cncn2)C1. The van der Waals surface area contributed by atoms with E-state index in [4.69, 9.17) is 0 Å². The van der Waals surface area contributed by atoms with E-state index in [1.54, 1.807) is 15.9 Å². The van der Waals surface area contributed by atoms with Crippen LogP contribution in [0.25, 0.3) is 0 Å². The number of piperidine rings is 1. The number of nitrogens with zero attached hydrogens (tertiary/aromatic N) is 5. The van der Waals surface area contributed by atoms with E-state index in [0.717, 1.165) is 19.4 Å². The highest BCUT2D eigenvalue weighted by Gasteiger charge is 2.24. The first-order valence-corrected chi connectivity index (χ1v) is 7.74. The molecule has 1 aliphatic heterocycles. The summed E-state index contributed by atoms with van der Waals surface area (Å²) in [5, 5.41) is 17.5. The molecular formula is C15H18N6O3. The van der Waals surface area contributed by atoms with E-state index in [0.29, 0.717) is 24.7 Å². The number of anilines is 1. The zero-order chi connectivity index (χ0) is 16.9. The maximum Gasteiger partial charge on any atom is 0.321 e. The molecule has 2 aromatic rings. The van der Waals surface area contributed by atoms with Crippen molar-refractivity contribution in [1.82, 2.24) is 19.7 Å². The van der Waals surface area contributed by atoms with Gasteiger partial charge in [-0.2, -0.15) is 5.10 Å². The molecule has 2 heterocycles. The van der Waals surface area contributed by atoms with E-state index in [9.17, 15) is 14.9 Å². The molecule has 1 N–H and O–H groups in total. The molecule has 1 saturated heterocycles. The van der Waals surface area contributed by atoms with Gasteiger partial charge in [0.25, 0.3) is 5.69 Å². The minimum Gasteiger partial charge on any atom is -0.324 e. The molecule has 24 heavy (non-hydrogen) atoms. The van der Waals surface area contributed by atoms with Crippen molar-refractivity contribution in [3.63, 3.8) is 0 Å². The van der Waals surface area contributed by atoms with Gasteiger partial charge in [-0.3, -0.25) is 14.8 Å². The first-order valence-electron chi connectivity index (χ1n) is 7.74. The average molecular weight is 330 g/mol. The fourth-order valence-electron chi connectivity index (χ4n) is 2.86. The number of amides is 2. The van der Waals surface area contributed by atoms with Crippen molar-refractivity contribution in [2.24, 2.45) is 5.92 Å². The number of aromatic nitrogens is 3. The van der Waals surface area contributed by atoms with Gasteiger partial charge < -0.3 is 10.2 Å². The van der Waals surface area contributed by atoms with E-state index >= 15 is 0 Å². The molecule has 1 fully saturated rings. The predicted molar refractivity (Wildman–Crippen MR) is 86.4 cm³/mol. The van der Waals surface area contributed by atoms with Crippen LogP contribution in [-0.4, -0.2) is 43.7 Å². The number of hydrogen-bond donors (Lipinski definition) is 1. The van der Waals surface area contributed by atoms with Gasteiger partial charge in [0.15, 0.2) is 0 Å². The summed E-state index contributed by atoms with van der Waals surface area (Å²) in [6, 6.07) is 5.63. The van der Waals surface area contributed by atoms with Gasteiger partial charge in [0, 0.05) is 37.5 Å². The summed E-state index contributed by atoms with van der Waals surface area (Å²) >= 11 is 0. The second kappa shape index (κ2) is 7.07. The number of benzene rings is 1. The quantitative estimate of drug-likeness (QED) is 0.683. The molecule has 2 amide bonds. The van der Waals surface area contributed by atoms with Gasteiger partial charge in [-0.25, -0.2) is 9.78 Å². The summed E-state index contributed by atoms with van der Waals surface area (Å²) in [7, 11) is 0. The maximum absolute atomic E-state index is 12.4. The van der Waals surface area contributed by atoms with Crippen LogP contribution in [0.4, 0.5) is 16.2 Å². The van der Waals surface area contributed by atoms with Gasteiger partial charge in [0.05, 0.1) is 4.92 Å². The Kier molecular flexibility index (Phi) is 4.69. The minimum atomic E-state index is -0.467. The molecule has 9 heteroatoms. The van der Waals surface area contributed by atoms with Crippen LogP contribution in [0, 0.1) is 16.0 Å². The first-order chi connectivity index (χ1) is 11.6. The van der Waals surface area contributed by atoms with Crippen LogP contribution in [0.1, 0.15) is 12.8 Å². The Balaban J connectivity index is 1.56. The lowest BCUT2D eigenvalue weighted by Gasteiger charge is -2.32. The fourth-order valence-corrected chi connectivity index (χ4v) is 2.86. The van der Waals surface area contributed by atoms with Gasteiger partial charge in [-0.1, -0.05) is 0 Å². The normalized spacial score (nSPS) is 17.5. The highest BCUT2D eigenvalue weighted by atomic mass is 16.6. The number of carbonyl (C=O) groups excluding carboxylic acids is 1. The third-order valence-electron chi connectivity index (χ3n) is 4.05. The Morgan fingerprint density at radius 3 is 2.83 bits per heavy atom. The molecule has 9 nitrogen and oxygen atoms in total. The van der Waals surface area contributed by atoms with E-state index in [1.807, 2.05) is 0 Å². The van der Waals surface area contributed by atoms with Crippen molar-refractivity contribution in [3.8, 4) is 0 Å². The fraction of sp³-hybridized carbons (Fsp3) is 0.400. The van der Waals surface area contributed by atoms with E-state index in [1.165, 1.54) is 30.6 Å². The summed E-state index contributed by atoms with van der Waals surface area (Å²) in [6.07, 6.45) is 5.16. The van der Waals surface area contributed by atoms with Crippen molar-refractivity contribution in [2.75, 3.05) is 18.4 Å². The molecule has 0 radical (unpaired) electrons. The highest BCUT2D eigenvalue weighted by molar-refractivity contribution is 5.89. The number of carbonyl (C=O) groups is 1. The number of nitro benzene ring substituents is 1. The molecule has 1 aliphatic rings. The Labute approximate surface area is 138 Å². The van der Waals surface area contributed by atoms with Crippen LogP contribution in [0.3, 0.4) is 0 Å². The number of nitro groups is 1. The van der Waals surface area contributed by atoms with Crippen LogP contribution in [0.15, 0.2) is 36.9 Å². The number of rotatable bonds is 4. The average Bonchev–Trinajstić information content (AvgIpc) is 3.08. The Bertz CT molecular complexity index is 701. The molecule has 1 aromatic carbocycles. The lowest BCUT2D eigenvalue weighted by molar-refractivity contribution is -0.384. The number of likely N-dealkylation sites (tertiary alicyclic amines) is 1. The van der Waals surface area contributed by atoms with Gasteiger partial charge in [0.1, 0.15) is 12.7 Å².